The van der Waals surface area contributed by atoms with E-state index < -0.39 is 18.0 Å². The van der Waals surface area contributed by atoms with Gasteiger partial charge in [-0.15, -0.1) is 0 Å². The predicted octanol–water partition coefficient (Wildman–Crippen LogP) is 4.86. The number of nitrogens with one attached hydrogen (secondary N) is 1. The molecule has 7 rings (SSSR count). The van der Waals surface area contributed by atoms with Crippen LogP contribution in [0.3, 0.4) is 0 Å². The van der Waals surface area contributed by atoms with E-state index in [1.54, 1.807) is 0 Å². The molecule has 1 N–H and O–H groups in total. The molecule has 1 fully saturated rings. The van der Waals surface area contributed by atoms with E-state index in [0.717, 1.165) is 22.0 Å². The molecule has 2 aliphatic heterocycles. The summed E-state index contributed by atoms with van der Waals surface area (Å²) in [5, 5.41) is 13.2. The minimum Gasteiger partial charge on any atom is -0.488 e. The molecule has 0 radical (unpaired) electrons. The molecule has 2 amide bonds. The van der Waals surface area contributed by atoms with E-state index in [2.05, 4.69) is 16.5 Å². The SMILES string of the molecule is O=C1NCCCn2cc3c(cccc3n2)-c2cccc(c2)O[C@H]2C[C@@H]1N(C(=O)c1cnn(-c3ccc(F)cc3Cl)c1)C2. The highest BCUT2D eigenvalue weighted by molar-refractivity contribution is 6.32. The Morgan fingerprint density at radius 3 is 2.86 bits per heavy atom. The lowest BCUT2D eigenvalue weighted by Gasteiger charge is -2.23. The van der Waals surface area contributed by atoms with Crippen molar-refractivity contribution in [3.8, 4) is 22.6 Å². The van der Waals surface area contributed by atoms with Gasteiger partial charge in [-0.05, 0) is 53.9 Å². The van der Waals surface area contributed by atoms with Crippen LogP contribution in [0.5, 0.6) is 5.75 Å². The fourth-order valence-electron chi connectivity index (χ4n) is 5.71. The van der Waals surface area contributed by atoms with Crippen LogP contribution in [-0.2, 0) is 11.3 Å². The van der Waals surface area contributed by atoms with E-state index in [-0.39, 0.29) is 28.9 Å². The van der Waals surface area contributed by atoms with Gasteiger partial charge in [0, 0.05) is 37.3 Å². The largest absolute Gasteiger partial charge is 0.488 e. The van der Waals surface area contributed by atoms with Gasteiger partial charge >= 0.3 is 0 Å². The van der Waals surface area contributed by atoms with E-state index in [1.165, 1.54) is 40.2 Å². The molecule has 5 aromatic rings. The monoisotopic (exact) mass is 584 g/mol. The maximum Gasteiger partial charge on any atom is 0.257 e. The summed E-state index contributed by atoms with van der Waals surface area (Å²) in [5.74, 6) is -0.408. The Hall–Kier alpha value is -4.70. The van der Waals surface area contributed by atoms with Crippen molar-refractivity contribution in [3.05, 3.63) is 95.7 Å². The number of halogens is 2. The highest BCUT2D eigenvalue weighted by Crippen LogP contribution is 2.32. The van der Waals surface area contributed by atoms with E-state index in [1.807, 2.05) is 47.3 Å². The molecule has 4 heterocycles. The second-order valence-electron chi connectivity index (χ2n) is 10.5. The fraction of sp³-hybridized carbons (Fsp3) is 0.226. The molecule has 0 aliphatic carbocycles. The van der Waals surface area contributed by atoms with Gasteiger partial charge in [-0.25, -0.2) is 9.07 Å². The second kappa shape index (κ2) is 10.6. The average Bonchev–Trinajstić information content (AvgIpc) is 3.73. The van der Waals surface area contributed by atoms with Crippen molar-refractivity contribution >= 4 is 34.3 Å². The van der Waals surface area contributed by atoms with Crippen molar-refractivity contribution in [2.45, 2.75) is 31.5 Å². The lowest BCUT2D eigenvalue weighted by atomic mass is 10.0. The maximum atomic E-state index is 13.7. The Bertz CT molecular complexity index is 1830. The summed E-state index contributed by atoms with van der Waals surface area (Å²) in [6.45, 7) is 1.30. The first kappa shape index (κ1) is 26.2. The molecule has 0 spiro atoms. The third kappa shape index (κ3) is 4.87. The summed E-state index contributed by atoms with van der Waals surface area (Å²) in [6, 6.07) is 17.1. The number of aryl methyl sites for hydroxylation is 1. The first-order valence-corrected chi connectivity index (χ1v) is 14.1. The number of hydrogen-bond acceptors (Lipinski definition) is 5. The molecule has 9 nitrogen and oxygen atoms in total. The molecule has 0 saturated carbocycles. The van der Waals surface area contributed by atoms with Crippen molar-refractivity contribution in [1.29, 1.82) is 0 Å². The highest BCUT2D eigenvalue weighted by Gasteiger charge is 2.41. The van der Waals surface area contributed by atoms with Crippen LogP contribution in [0.4, 0.5) is 4.39 Å². The number of aromatic nitrogens is 4. The van der Waals surface area contributed by atoms with Crippen molar-refractivity contribution in [2.75, 3.05) is 13.1 Å². The molecule has 2 aliphatic rings. The zero-order valence-electron chi connectivity index (χ0n) is 22.4. The molecule has 0 unspecified atom stereocenters. The number of ether oxygens (including phenoxy) is 1. The third-order valence-corrected chi connectivity index (χ3v) is 8.02. The number of amides is 2. The van der Waals surface area contributed by atoms with Crippen LogP contribution >= 0.6 is 11.6 Å². The number of likely N-dealkylation sites (tertiary alicyclic amines) is 1. The van der Waals surface area contributed by atoms with E-state index in [0.29, 0.717) is 37.4 Å². The summed E-state index contributed by atoms with van der Waals surface area (Å²) in [7, 11) is 0. The van der Waals surface area contributed by atoms with Crippen molar-refractivity contribution in [3.63, 3.8) is 0 Å². The smallest absolute Gasteiger partial charge is 0.257 e. The number of benzene rings is 3. The van der Waals surface area contributed by atoms with Gasteiger partial charge in [0.15, 0.2) is 0 Å². The van der Waals surface area contributed by atoms with Gasteiger partial charge in [0.1, 0.15) is 23.7 Å². The zero-order valence-corrected chi connectivity index (χ0v) is 23.2. The molecule has 6 bridgehead atoms. The van der Waals surface area contributed by atoms with Crippen LogP contribution in [0.2, 0.25) is 5.02 Å². The summed E-state index contributed by atoms with van der Waals surface area (Å²) in [4.78, 5) is 28.7. The van der Waals surface area contributed by atoms with Crippen molar-refractivity contribution < 1.29 is 18.7 Å². The quantitative estimate of drug-likeness (QED) is 0.320. The predicted molar refractivity (Wildman–Crippen MR) is 155 cm³/mol. The van der Waals surface area contributed by atoms with Gasteiger partial charge in [0.05, 0.1) is 34.5 Å². The van der Waals surface area contributed by atoms with Gasteiger partial charge < -0.3 is 15.0 Å². The zero-order chi connectivity index (χ0) is 28.8. The van der Waals surface area contributed by atoms with Gasteiger partial charge in [-0.2, -0.15) is 10.2 Å². The Balaban J connectivity index is 1.19. The van der Waals surface area contributed by atoms with Crippen LogP contribution in [-0.4, -0.2) is 61.5 Å². The van der Waals surface area contributed by atoms with Crippen LogP contribution in [0.15, 0.2) is 79.3 Å². The molecule has 3 aromatic carbocycles. The Kier molecular flexibility index (Phi) is 6.62. The number of rotatable bonds is 2. The fourth-order valence-corrected chi connectivity index (χ4v) is 5.97. The summed E-state index contributed by atoms with van der Waals surface area (Å²) in [5.41, 5.74) is 3.68. The average molecular weight is 585 g/mol. The van der Waals surface area contributed by atoms with Crippen LogP contribution < -0.4 is 10.1 Å². The van der Waals surface area contributed by atoms with Gasteiger partial charge in [-0.3, -0.25) is 14.3 Å². The topological polar surface area (TPSA) is 94.3 Å². The minimum absolute atomic E-state index is 0.164. The Labute approximate surface area is 245 Å². The number of fused-ring (bicyclic) bond motifs is 6. The lowest BCUT2D eigenvalue weighted by Crippen LogP contribution is -2.46. The summed E-state index contributed by atoms with van der Waals surface area (Å²) >= 11 is 6.20. The van der Waals surface area contributed by atoms with E-state index in [4.69, 9.17) is 21.4 Å². The van der Waals surface area contributed by atoms with Gasteiger partial charge in [0.25, 0.3) is 5.91 Å². The molecule has 2 aromatic heterocycles. The number of hydrogen-bond donors (Lipinski definition) is 1. The second-order valence-corrected chi connectivity index (χ2v) is 10.9. The van der Waals surface area contributed by atoms with Crippen LogP contribution in [0.1, 0.15) is 23.2 Å². The molecular weight excluding hydrogens is 559 g/mol. The number of carbonyl (C=O) groups is 2. The van der Waals surface area contributed by atoms with Gasteiger partial charge in [0.2, 0.25) is 5.91 Å². The first-order chi connectivity index (χ1) is 20.4. The van der Waals surface area contributed by atoms with Crippen molar-refractivity contribution in [2.24, 2.45) is 0 Å². The lowest BCUT2D eigenvalue weighted by molar-refractivity contribution is -0.124. The standard InChI is InChI=1S/C31H26ClFN6O3/c32-26-13-21(33)8-9-28(26)39-16-20(15-35-39)31(41)38-17-23-14-29(38)30(40)34-10-3-11-37-18-25-24(6-2-7-27(25)36-37)19-4-1-5-22(12-19)42-23/h1-2,4-9,12-13,15-16,18,23,29H,3,10-11,14,17H2,(H,34,40)/t23-,29-/m0/s1. The highest BCUT2D eigenvalue weighted by atomic mass is 35.5. The molecule has 11 heteroatoms. The Morgan fingerprint density at radius 2 is 1.98 bits per heavy atom. The first-order valence-electron chi connectivity index (χ1n) is 13.7. The molecule has 212 valence electrons. The summed E-state index contributed by atoms with van der Waals surface area (Å²) < 4.78 is 23.2. The van der Waals surface area contributed by atoms with Gasteiger partial charge in [-0.1, -0.05) is 35.9 Å². The third-order valence-electron chi connectivity index (χ3n) is 7.72. The van der Waals surface area contributed by atoms with Crippen molar-refractivity contribution in [1.82, 2.24) is 29.8 Å². The van der Waals surface area contributed by atoms with Crippen LogP contribution in [0, 0.1) is 5.82 Å². The normalized spacial score (nSPS) is 18.7. The number of nitrogens with zero attached hydrogens (tertiary/aromatic N) is 5. The Morgan fingerprint density at radius 1 is 1.10 bits per heavy atom. The van der Waals surface area contributed by atoms with E-state index >= 15 is 0 Å². The van der Waals surface area contributed by atoms with Crippen LogP contribution in [0.25, 0.3) is 27.7 Å². The molecule has 1 saturated heterocycles. The molecule has 42 heavy (non-hydrogen) atoms. The maximum absolute atomic E-state index is 13.7. The van der Waals surface area contributed by atoms with E-state index in [9.17, 15) is 14.0 Å². The number of carbonyl (C=O) groups excluding carboxylic acids is 2. The summed E-state index contributed by atoms with van der Waals surface area (Å²) in [6.07, 6.45) is 5.61. The molecular formula is C31H26ClFN6O3. The molecule has 2 atom stereocenters. The minimum atomic E-state index is -0.721.